The average molecular weight is 407 g/mol. The molecule has 1 amide bonds. The van der Waals surface area contributed by atoms with Crippen LogP contribution in [0, 0.1) is 17.3 Å². The van der Waals surface area contributed by atoms with Crippen LogP contribution in [0.2, 0.25) is 0 Å². The Labute approximate surface area is 181 Å². The predicted octanol–water partition coefficient (Wildman–Crippen LogP) is 5.25. The van der Waals surface area contributed by atoms with Crippen LogP contribution in [0.4, 0.5) is 0 Å². The summed E-state index contributed by atoms with van der Waals surface area (Å²) in [6.45, 7) is 2.25. The van der Waals surface area contributed by atoms with Gasteiger partial charge >= 0.3 is 0 Å². The number of benzene rings is 1. The van der Waals surface area contributed by atoms with Gasteiger partial charge in [0.1, 0.15) is 0 Å². The van der Waals surface area contributed by atoms with E-state index in [0.717, 1.165) is 44.4 Å². The maximum atomic E-state index is 13.7. The third kappa shape index (κ3) is 3.98. The Balaban J connectivity index is 1.41. The molecule has 0 radical (unpaired) electrons. The molecule has 162 valence electrons. The minimum Gasteiger partial charge on any atom is -0.353 e. The second kappa shape index (κ2) is 7.82. The van der Waals surface area contributed by atoms with Crippen molar-refractivity contribution in [1.29, 1.82) is 0 Å². The highest BCUT2D eigenvalue weighted by Crippen LogP contribution is 2.58. The molecule has 4 saturated carbocycles. The zero-order valence-corrected chi connectivity index (χ0v) is 18.5. The fourth-order valence-corrected chi connectivity index (χ4v) is 6.76. The Morgan fingerprint density at radius 1 is 1.07 bits per heavy atom. The Hall–Kier alpha value is -1.61. The van der Waals surface area contributed by atoms with Crippen LogP contribution in [-0.2, 0) is 10.2 Å². The van der Waals surface area contributed by atoms with Crippen LogP contribution in [0.3, 0.4) is 0 Å². The quantitative estimate of drug-likeness (QED) is 0.671. The average Bonchev–Trinajstić information content (AvgIpc) is 3.56. The van der Waals surface area contributed by atoms with Gasteiger partial charge in [0.05, 0.1) is 0 Å². The van der Waals surface area contributed by atoms with E-state index in [0.29, 0.717) is 23.9 Å². The molecule has 0 aromatic heterocycles. The molecule has 3 atom stereocenters. The summed E-state index contributed by atoms with van der Waals surface area (Å²) in [5, 5.41) is 3.46. The number of rotatable bonds is 4. The molecule has 1 aromatic carbocycles. The Bertz CT molecular complexity index is 805. The molecule has 0 spiro atoms. The lowest BCUT2D eigenvalue weighted by atomic mass is 9.51. The van der Waals surface area contributed by atoms with E-state index in [1.54, 1.807) is 5.57 Å². The van der Waals surface area contributed by atoms with E-state index < -0.39 is 0 Å². The summed E-state index contributed by atoms with van der Waals surface area (Å²) in [6, 6.07) is 11.7. The topological polar surface area (TPSA) is 55.1 Å². The lowest BCUT2D eigenvalue weighted by Gasteiger charge is -2.53. The van der Waals surface area contributed by atoms with Gasteiger partial charge in [0.2, 0.25) is 5.91 Å². The molecule has 2 bridgehead atoms. The molecular formula is C27H38N2O. The zero-order chi connectivity index (χ0) is 20.8. The first-order valence-corrected chi connectivity index (χ1v) is 12.3. The molecule has 1 aromatic rings. The van der Waals surface area contributed by atoms with Crippen LogP contribution in [0.25, 0.3) is 0 Å². The summed E-state index contributed by atoms with van der Waals surface area (Å²) in [4.78, 5) is 13.7. The predicted molar refractivity (Wildman–Crippen MR) is 122 cm³/mol. The number of carbonyl (C=O) groups excluding carboxylic acids is 1. The number of hydrogen-bond donors (Lipinski definition) is 2. The highest BCUT2D eigenvalue weighted by atomic mass is 16.2. The maximum absolute atomic E-state index is 13.7. The number of carbonyl (C=O) groups is 1. The zero-order valence-electron chi connectivity index (χ0n) is 18.5. The van der Waals surface area contributed by atoms with E-state index in [4.69, 9.17) is 5.73 Å². The second-order valence-electron chi connectivity index (χ2n) is 11.2. The van der Waals surface area contributed by atoms with Gasteiger partial charge in [-0.1, -0.05) is 48.9 Å². The minimum absolute atomic E-state index is 0.145. The molecule has 0 heterocycles. The fourth-order valence-electron chi connectivity index (χ4n) is 6.76. The highest BCUT2D eigenvalue weighted by Gasteiger charge is 2.53. The molecule has 4 fully saturated rings. The third-order valence-corrected chi connectivity index (χ3v) is 8.59. The summed E-state index contributed by atoms with van der Waals surface area (Å²) >= 11 is 0. The molecule has 3 nitrogen and oxygen atoms in total. The summed E-state index contributed by atoms with van der Waals surface area (Å²) in [5.41, 5.74) is 9.04. The van der Waals surface area contributed by atoms with Gasteiger partial charge in [-0.2, -0.15) is 0 Å². The van der Waals surface area contributed by atoms with Crippen molar-refractivity contribution >= 4 is 5.91 Å². The molecule has 0 saturated heterocycles. The van der Waals surface area contributed by atoms with Crippen molar-refractivity contribution in [2.45, 2.75) is 95.1 Å². The van der Waals surface area contributed by atoms with Gasteiger partial charge in [0.25, 0.3) is 0 Å². The first-order valence-electron chi connectivity index (χ1n) is 12.3. The lowest BCUT2D eigenvalue weighted by molar-refractivity contribution is -0.136. The van der Waals surface area contributed by atoms with Gasteiger partial charge in [-0.05, 0) is 93.4 Å². The molecule has 4 aliphatic carbocycles. The normalized spacial score (nSPS) is 40.2. The molecule has 3 N–H and O–H groups in total. The van der Waals surface area contributed by atoms with Crippen molar-refractivity contribution in [3.63, 3.8) is 0 Å². The molecule has 5 rings (SSSR count). The van der Waals surface area contributed by atoms with Gasteiger partial charge < -0.3 is 11.1 Å². The lowest BCUT2D eigenvalue weighted by Crippen LogP contribution is -2.53. The number of allylic oxidation sites excluding steroid dienone is 2. The van der Waals surface area contributed by atoms with E-state index >= 15 is 0 Å². The van der Waals surface area contributed by atoms with Crippen molar-refractivity contribution < 1.29 is 4.79 Å². The van der Waals surface area contributed by atoms with Crippen molar-refractivity contribution in [2.24, 2.45) is 23.0 Å². The van der Waals surface area contributed by atoms with Crippen molar-refractivity contribution in [3.8, 4) is 0 Å². The second-order valence-corrected chi connectivity index (χ2v) is 11.2. The maximum Gasteiger partial charge on any atom is 0.226 e. The SMILES string of the molecule is CC1(C(=O)NC2CCC(N)CC2)CC2CC(c3ccccc3)(CC/C2=C\C2CC2)C1. The molecule has 3 unspecified atom stereocenters. The van der Waals surface area contributed by atoms with Crippen LogP contribution < -0.4 is 11.1 Å². The Morgan fingerprint density at radius 2 is 1.80 bits per heavy atom. The van der Waals surface area contributed by atoms with Gasteiger partial charge in [-0.25, -0.2) is 0 Å². The van der Waals surface area contributed by atoms with Gasteiger partial charge in [-0.3, -0.25) is 4.79 Å². The van der Waals surface area contributed by atoms with E-state index in [-0.39, 0.29) is 10.8 Å². The number of amides is 1. The van der Waals surface area contributed by atoms with Crippen LogP contribution in [0.15, 0.2) is 42.0 Å². The van der Waals surface area contributed by atoms with E-state index in [1.165, 1.54) is 37.7 Å². The largest absolute Gasteiger partial charge is 0.353 e. The standard InChI is InChI=1S/C27H38N2O/c1-26(25(30)29-24-11-9-23(28)10-12-24)16-21-17-27(18-26,22-5-3-2-4-6-22)14-13-20(21)15-19-7-8-19/h2-6,15,19,21,23-24H,7-14,16-18,28H2,1H3,(H,29,30)/b20-15+. The summed E-state index contributed by atoms with van der Waals surface area (Å²) in [6.07, 6.45) is 15.1. The monoisotopic (exact) mass is 406 g/mol. The number of nitrogens with two attached hydrogens (primary N) is 1. The van der Waals surface area contributed by atoms with E-state index in [1.807, 2.05) is 0 Å². The molecule has 4 aliphatic rings. The fraction of sp³-hybridized carbons (Fsp3) is 0.667. The third-order valence-electron chi connectivity index (χ3n) is 8.59. The van der Waals surface area contributed by atoms with Crippen LogP contribution >= 0.6 is 0 Å². The molecule has 0 aliphatic heterocycles. The van der Waals surface area contributed by atoms with Crippen molar-refractivity contribution in [1.82, 2.24) is 5.32 Å². The van der Waals surface area contributed by atoms with Crippen molar-refractivity contribution in [3.05, 3.63) is 47.5 Å². The van der Waals surface area contributed by atoms with Gasteiger partial charge in [0, 0.05) is 17.5 Å². The van der Waals surface area contributed by atoms with Crippen LogP contribution in [-0.4, -0.2) is 18.0 Å². The summed E-state index contributed by atoms with van der Waals surface area (Å²) < 4.78 is 0. The Kier molecular flexibility index (Phi) is 5.29. The van der Waals surface area contributed by atoms with Crippen LogP contribution in [0.5, 0.6) is 0 Å². The summed E-state index contributed by atoms with van der Waals surface area (Å²) in [5.74, 6) is 1.67. The summed E-state index contributed by atoms with van der Waals surface area (Å²) in [7, 11) is 0. The van der Waals surface area contributed by atoms with E-state index in [2.05, 4.69) is 48.6 Å². The van der Waals surface area contributed by atoms with Gasteiger partial charge in [0.15, 0.2) is 0 Å². The molecule has 30 heavy (non-hydrogen) atoms. The first-order chi connectivity index (χ1) is 14.5. The minimum atomic E-state index is -0.290. The molecule has 3 heteroatoms. The first kappa shape index (κ1) is 20.3. The van der Waals surface area contributed by atoms with Gasteiger partial charge in [-0.15, -0.1) is 0 Å². The molecular weight excluding hydrogens is 368 g/mol. The number of nitrogens with one attached hydrogen (secondary N) is 1. The number of fused-ring (bicyclic) bond motifs is 2. The highest BCUT2D eigenvalue weighted by molar-refractivity contribution is 5.83. The van der Waals surface area contributed by atoms with Crippen LogP contribution in [0.1, 0.15) is 83.1 Å². The van der Waals surface area contributed by atoms with Crippen molar-refractivity contribution in [2.75, 3.05) is 0 Å². The Morgan fingerprint density at radius 3 is 2.50 bits per heavy atom. The van der Waals surface area contributed by atoms with E-state index in [9.17, 15) is 4.79 Å². The number of hydrogen-bond acceptors (Lipinski definition) is 2. The smallest absolute Gasteiger partial charge is 0.226 e.